The first kappa shape index (κ1) is 13.4. The van der Waals surface area contributed by atoms with E-state index in [2.05, 4.69) is 19.2 Å². The maximum atomic E-state index is 11.5. The summed E-state index contributed by atoms with van der Waals surface area (Å²) in [5.74, 6) is 0.0166. The molecule has 0 saturated carbocycles. The van der Waals surface area contributed by atoms with Gasteiger partial charge in [-0.3, -0.25) is 9.63 Å². The van der Waals surface area contributed by atoms with E-state index in [0.29, 0.717) is 6.42 Å². The highest BCUT2D eigenvalue weighted by molar-refractivity contribution is 5.75. The van der Waals surface area contributed by atoms with E-state index in [4.69, 9.17) is 4.84 Å². The molecule has 0 aromatic heterocycles. The minimum atomic E-state index is 0.0166. The third-order valence-electron chi connectivity index (χ3n) is 2.22. The molecule has 1 amide bonds. The van der Waals surface area contributed by atoms with Crippen LogP contribution in [0.4, 0.5) is 0 Å². The van der Waals surface area contributed by atoms with Gasteiger partial charge in [0, 0.05) is 19.5 Å². The highest BCUT2D eigenvalue weighted by Crippen LogP contribution is 2.01. The minimum absolute atomic E-state index is 0.0166. The Balaban J connectivity index is 3.85. The van der Waals surface area contributed by atoms with Crippen LogP contribution >= 0.6 is 0 Å². The van der Waals surface area contributed by atoms with Gasteiger partial charge >= 0.3 is 0 Å². The third kappa shape index (κ3) is 5.19. The molecule has 1 atom stereocenters. The number of amides is 1. The Morgan fingerprint density at radius 3 is 2.57 bits per heavy atom. The predicted octanol–water partition coefficient (Wildman–Crippen LogP) is 1.17. The largest absolute Gasteiger partial charge is 0.313 e. The molecule has 1 unspecified atom stereocenters. The van der Waals surface area contributed by atoms with E-state index in [0.717, 1.165) is 19.4 Å². The molecule has 4 heteroatoms. The van der Waals surface area contributed by atoms with Gasteiger partial charge in [-0.25, -0.2) is 5.06 Å². The van der Waals surface area contributed by atoms with Crippen molar-refractivity contribution in [3.05, 3.63) is 0 Å². The SMILES string of the molecule is CCCNC(CC)CC(=O)N(C)OC. The van der Waals surface area contributed by atoms with Crippen molar-refractivity contribution in [2.45, 2.75) is 39.2 Å². The monoisotopic (exact) mass is 202 g/mol. The molecule has 0 bridgehead atoms. The zero-order valence-corrected chi connectivity index (χ0v) is 9.67. The standard InChI is InChI=1S/C10H22N2O2/c1-5-7-11-9(6-2)8-10(13)12(3)14-4/h9,11H,5-8H2,1-4H3. The maximum Gasteiger partial charge on any atom is 0.247 e. The van der Waals surface area contributed by atoms with Crippen LogP contribution in [0.3, 0.4) is 0 Å². The van der Waals surface area contributed by atoms with Crippen LogP contribution in [0.2, 0.25) is 0 Å². The summed E-state index contributed by atoms with van der Waals surface area (Å²) in [6.45, 7) is 5.15. The zero-order valence-electron chi connectivity index (χ0n) is 9.67. The molecule has 0 aromatic rings. The molecule has 0 heterocycles. The first-order valence-corrected chi connectivity index (χ1v) is 5.19. The number of hydroxylamine groups is 2. The summed E-state index contributed by atoms with van der Waals surface area (Å²) >= 11 is 0. The summed E-state index contributed by atoms with van der Waals surface area (Å²) in [6.07, 6.45) is 2.55. The molecule has 0 saturated heterocycles. The van der Waals surface area contributed by atoms with Crippen LogP contribution in [-0.4, -0.2) is 37.7 Å². The number of hydrogen-bond acceptors (Lipinski definition) is 3. The van der Waals surface area contributed by atoms with Gasteiger partial charge in [-0.05, 0) is 19.4 Å². The quantitative estimate of drug-likeness (QED) is 0.630. The van der Waals surface area contributed by atoms with E-state index in [1.165, 1.54) is 12.2 Å². The second-order valence-electron chi connectivity index (χ2n) is 3.34. The molecule has 1 N–H and O–H groups in total. The van der Waals surface area contributed by atoms with Crippen molar-refractivity contribution in [3.63, 3.8) is 0 Å². The van der Waals surface area contributed by atoms with Crippen LogP contribution in [0.15, 0.2) is 0 Å². The lowest BCUT2D eigenvalue weighted by molar-refractivity contribution is -0.169. The Morgan fingerprint density at radius 2 is 2.14 bits per heavy atom. The lowest BCUT2D eigenvalue weighted by atomic mass is 10.1. The molecule has 0 rings (SSSR count). The fourth-order valence-electron chi connectivity index (χ4n) is 1.15. The molecule has 0 aliphatic heterocycles. The smallest absolute Gasteiger partial charge is 0.247 e. The highest BCUT2D eigenvalue weighted by atomic mass is 16.7. The summed E-state index contributed by atoms with van der Waals surface area (Å²) in [7, 11) is 3.13. The van der Waals surface area contributed by atoms with Crippen LogP contribution in [0.5, 0.6) is 0 Å². The zero-order chi connectivity index (χ0) is 11.0. The fraction of sp³-hybridized carbons (Fsp3) is 0.900. The average molecular weight is 202 g/mol. The topological polar surface area (TPSA) is 41.6 Å². The molecular weight excluding hydrogens is 180 g/mol. The summed E-state index contributed by atoms with van der Waals surface area (Å²) in [4.78, 5) is 16.3. The van der Waals surface area contributed by atoms with E-state index in [9.17, 15) is 4.79 Å². The Kier molecular flexibility index (Phi) is 7.42. The van der Waals surface area contributed by atoms with E-state index < -0.39 is 0 Å². The first-order chi connectivity index (χ1) is 6.65. The lowest BCUT2D eigenvalue weighted by Crippen LogP contribution is -2.36. The minimum Gasteiger partial charge on any atom is -0.313 e. The Hall–Kier alpha value is -0.610. The van der Waals surface area contributed by atoms with Gasteiger partial charge < -0.3 is 5.32 Å². The van der Waals surface area contributed by atoms with E-state index in [-0.39, 0.29) is 11.9 Å². The average Bonchev–Trinajstić information content (AvgIpc) is 2.22. The van der Waals surface area contributed by atoms with Gasteiger partial charge in [-0.15, -0.1) is 0 Å². The van der Waals surface area contributed by atoms with Gasteiger partial charge in [0.2, 0.25) is 5.91 Å². The van der Waals surface area contributed by atoms with Crippen molar-refractivity contribution >= 4 is 5.91 Å². The predicted molar refractivity (Wildman–Crippen MR) is 56.8 cm³/mol. The van der Waals surface area contributed by atoms with Gasteiger partial charge in [0.05, 0.1) is 7.11 Å². The fourth-order valence-corrected chi connectivity index (χ4v) is 1.15. The van der Waals surface area contributed by atoms with Gasteiger partial charge in [0.1, 0.15) is 0 Å². The molecule has 84 valence electrons. The third-order valence-corrected chi connectivity index (χ3v) is 2.22. The van der Waals surface area contributed by atoms with Crippen molar-refractivity contribution < 1.29 is 9.63 Å². The summed E-state index contributed by atoms with van der Waals surface area (Å²) < 4.78 is 0. The molecule has 0 radical (unpaired) electrons. The van der Waals surface area contributed by atoms with E-state index in [1.807, 2.05) is 0 Å². The molecular formula is C10H22N2O2. The molecule has 0 aliphatic carbocycles. The molecule has 0 aliphatic rings. The Morgan fingerprint density at radius 1 is 1.50 bits per heavy atom. The van der Waals surface area contributed by atoms with Crippen LogP contribution in [0.25, 0.3) is 0 Å². The number of hydrogen-bond donors (Lipinski definition) is 1. The van der Waals surface area contributed by atoms with E-state index >= 15 is 0 Å². The second kappa shape index (κ2) is 7.76. The summed E-state index contributed by atoms with van der Waals surface area (Å²) in [6, 6.07) is 0.264. The number of nitrogens with zero attached hydrogens (tertiary/aromatic N) is 1. The molecule has 4 nitrogen and oxygen atoms in total. The number of carbonyl (C=O) groups is 1. The van der Waals surface area contributed by atoms with Gasteiger partial charge in [-0.1, -0.05) is 13.8 Å². The van der Waals surface area contributed by atoms with Crippen LogP contribution in [-0.2, 0) is 9.63 Å². The lowest BCUT2D eigenvalue weighted by Gasteiger charge is -2.19. The van der Waals surface area contributed by atoms with Crippen molar-refractivity contribution in [2.75, 3.05) is 20.7 Å². The van der Waals surface area contributed by atoms with Crippen molar-refractivity contribution in [1.82, 2.24) is 10.4 Å². The van der Waals surface area contributed by atoms with Gasteiger partial charge in [-0.2, -0.15) is 0 Å². The van der Waals surface area contributed by atoms with Crippen molar-refractivity contribution in [3.8, 4) is 0 Å². The van der Waals surface area contributed by atoms with E-state index in [1.54, 1.807) is 7.05 Å². The highest BCUT2D eigenvalue weighted by Gasteiger charge is 2.14. The molecule has 0 aromatic carbocycles. The normalized spacial score (nSPS) is 12.6. The molecule has 14 heavy (non-hydrogen) atoms. The second-order valence-corrected chi connectivity index (χ2v) is 3.34. The van der Waals surface area contributed by atoms with Gasteiger partial charge in [0.25, 0.3) is 0 Å². The number of carbonyl (C=O) groups excluding carboxylic acids is 1. The van der Waals surface area contributed by atoms with Crippen molar-refractivity contribution in [2.24, 2.45) is 0 Å². The summed E-state index contributed by atoms with van der Waals surface area (Å²) in [5.41, 5.74) is 0. The number of nitrogens with one attached hydrogen (secondary N) is 1. The van der Waals surface area contributed by atoms with Crippen molar-refractivity contribution in [1.29, 1.82) is 0 Å². The van der Waals surface area contributed by atoms with Gasteiger partial charge in [0.15, 0.2) is 0 Å². The molecule has 0 fully saturated rings. The van der Waals surface area contributed by atoms with Crippen LogP contribution in [0.1, 0.15) is 33.1 Å². The summed E-state index contributed by atoms with van der Waals surface area (Å²) in [5, 5.41) is 4.60. The van der Waals surface area contributed by atoms with Crippen LogP contribution < -0.4 is 5.32 Å². The number of rotatable bonds is 7. The Labute approximate surface area is 86.6 Å². The molecule has 0 spiro atoms. The van der Waals surface area contributed by atoms with Crippen LogP contribution in [0, 0.1) is 0 Å². The maximum absolute atomic E-state index is 11.5. The Bertz CT molecular complexity index is 162. The first-order valence-electron chi connectivity index (χ1n) is 5.19.